The Labute approximate surface area is 642 Å². The highest BCUT2D eigenvalue weighted by Crippen LogP contribution is 2.34. The van der Waals surface area contributed by atoms with Gasteiger partial charge in [0.25, 0.3) is 23.6 Å². The van der Waals surface area contributed by atoms with E-state index in [2.05, 4.69) is 46.9 Å². The summed E-state index contributed by atoms with van der Waals surface area (Å²) in [6.45, 7) is 14.2. The van der Waals surface area contributed by atoms with Crippen molar-refractivity contribution in [2.75, 3.05) is 81.2 Å². The molecule has 586 valence electrons. The van der Waals surface area contributed by atoms with E-state index < -0.39 is 59.7 Å². The van der Waals surface area contributed by atoms with Crippen LogP contribution in [0.4, 0.5) is 27.2 Å². The number of aryl methyl sites for hydroxylation is 4. The molecule has 0 saturated carbocycles. The van der Waals surface area contributed by atoms with Crippen molar-refractivity contribution in [3.05, 3.63) is 123 Å². The van der Waals surface area contributed by atoms with Gasteiger partial charge in [0.05, 0.1) is 46.0 Å². The first-order chi connectivity index (χ1) is 52.7. The Morgan fingerprint density at radius 1 is 0.691 bits per heavy atom. The van der Waals surface area contributed by atoms with E-state index in [1.54, 1.807) is 83.5 Å². The molecule has 2 atom stereocenters. The fourth-order valence-corrected chi connectivity index (χ4v) is 14.0. The molecule has 3 aromatic carbocycles. The topological polar surface area (TPSA) is 459 Å². The number of hydrogen-bond acceptors (Lipinski definition) is 22. The summed E-state index contributed by atoms with van der Waals surface area (Å²) in [6, 6.07) is 11.5. The summed E-state index contributed by atoms with van der Waals surface area (Å²) in [7, 11) is 0. The number of thiazole rings is 1. The van der Waals surface area contributed by atoms with Gasteiger partial charge in [-0.3, -0.25) is 73.1 Å². The number of nitrogens with one attached hydrogen (secondary N) is 6. The van der Waals surface area contributed by atoms with E-state index in [0.717, 1.165) is 4.90 Å². The number of nitrogens with two attached hydrogens (primary N) is 3. The first kappa shape index (κ1) is 82.5. The molecule has 6 heterocycles. The van der Waals surface area contributed by atoms with Crippen LogP contribution < -0.4 is 53.8 Å². The predicted octanol–water partition coefficient (Wildman–Crippen LogP) is 6.07. The Morgan fingerprint density at radius 2 is 1.35 bits per heavy atom. The third kappa shape index (κ3) is 22.1. The van der Waals surface area contributed by atoms with Gasteiger partial charge in [-0.2, -0.15) is 5.10 Å². The highest BCUT2D eigenvalue weighted by Gasteiger charge is 2.31. The van der Waals surface area contributed by atoms with Crippen LogP contribution in [0.15, 0.2) is 83.8 Å². The standard InChI is InChI=1S/C74H93N19O15S2/c1-8-50-64(110-45(6)79-50)70(103)86-73-82-52-38-47(65(75)98)40-55(62(52)91(73)29-13-14-30-92-63-53(39-48(66(76)99)41-56(63)109-7)83-72(92)85-68(101)54-37-44(5)87-93(54)9-2)106-35-16-27-88-31-33-89(34-32-88)58(95)25-36-107-74(105)108-42-46-19-21-49(22-20-46)80-67(100)51(17-15-26-78-71(77)104)81-69(102)61(43(3)4)84-57(94)18-11-10-12-28-90-59(96)23-24-60(90)97/h13-14,19-24,37-41,43,51,61H,8-12,15-18,25-36,42H2,1-7H3,(H2,75,98)(H2,76,99)(H,80,100)(H,81,102)(H,84,94)(H3,77,78,104)(H,82,86,103)(H,83,85,101)/b14-13+/t51-,61-/m0/s1. The SMILES string of the molecule is CCc1nc(C)sc1C(=O)Nc1nc2cc(C(N)=O)cc(OCCCN3CCN(C(=O)CCOC(=O)OCc4ccc(NC(=O)[C@H](CCCNC(N)=O)NC(=O)[C@@H](NC(=O)CCCCCN5C(=O)C=CC5=O)C(C)C)cc4)CC3)c2n1C/C=C/Cn1c(NC(=O)c2cc(C)nn2CC)nc2cc(C(N)=O)cc(SC)c21. The molecule has 4 aromatic heterocycles. The molecule has 0 unspecified atom stereocenters. The average Bonchev–Trinajstić information content (AvgIpc) is 1.62. The number of rotatable bonds is 39. The number of aromatic nitrogens is 7. The van der Waals surface area contributed by atoms with Gasteiger partial charge >= 0.3 is 12.2 Å². The molecule has 2 aliphatic rings. The molecular formula is C74H93N19O15S2. The Hall–Kier alpha value is -11.5. The van der Waals surface area contributed by atoms with Gasteiger partial charge in [-0.05, 0) is 119 Å². The minimum atomic E-state index is -1.10. The number of thioether (sulfide) groups is 1. The van der Waals surface area contributed by atoms with Crippen molar-refractivity contribution in [3.8, 4) is 5.75 Å². The quantitative estimate of drug-likeness (QED) is 0.00693. The summed E-state index contributed by atoms with van der Waals surface area (Å²) < 4.78 is 22.2. The number of allylic oxidation sites excluding steroid dienone is 2. The molecule has 0 spiro atoms. The maximum Gasteiger partial charge on any atom is 0.508 e. The summed E-state index contributed by atoms with van der Waals surface area (Å²) in [5, 5.41) is 21.8. The molecule has 0 aliphatic carbocycles. The Bertz CT molecular complexity index is 4630. The van der Waals surface area contributed by atoms with Gasteiger partial charge in [-0.25, -0.2) is 24.5 Å². The minimum absolute atomic E-state index is 0.0851. The van der Waals surface area contributed by atoms with E-state index in [9.17, 15) is 57.5 Å². The van der Waals surface area contributed by atoms with Crippen LogP contribution in [0.3, 0.4) is 0 Å². The number of urea groups is 1. The fraction of sp³-hybridized carbons (Fsp3) is 0.432. The fourth-order valence-electron chi connectivity index (χ4n) is 12.5. The van der Waals surface area contributed by atoms with Crippen LogP contribution in [-0.2, 0) is 70.9 Å². The lowest BCUT2D eigenvalue weighted by Crippen LogP contribution is -2.54. The molecule has 1 fully saturated rings. The second-order valence-corrected chi connectivity index (χ2v) is 28.5. The maximum absolute atomic E-state index is 14.1. The molecule has 7 aromatic rings. The van der Waals surface area contributed by atoms with Crippen molar-refractivity contribution >= 4 is 134 Å². The molecule has 0 radical (unpaired) electrons. The van der Waals surface area contributed by atoms with Crippen LogP contribution in [0.2, 0.25) is 0 Å². The summed E-state index contributed by atoms with van der Waals surface area (Å²) >= 11 is 2.63. The van der Waals surface area contributed by atoms with Crippen molar-refractivity contribution < 1.29 is 71.7 Å². The lowest BCUT2D eigenvalue weighted by atomic mass is 10.0. The predicted molar refractivity (Wildman–Crippen MR) is 411 cm³/mol. The number of amides is 12. The summed E-state index contributed by atoms with van der Waals surface area (Å²) in [5.74, 6) is -4.51. The Balaban J connectivity index is 0.756. The number of carbonyl (C=O) groups is 12. The first-order valence-electron chi connectivity index (χ1n) is 36.2. The number of unbranched alkanes of at least 4 members (excludes halogenated alkanes) is 2. The van der Waals surface area contributed by atoms with Crippen LogP contribution >= 0.6 is 23.1 Å². The smallest absolute Gasteiger partial charge is 0.491 e. The molecule has 12 N–H and O–H groups in total. The summed E-state index contributed by atoms with van der Waals surface area (Å²) in [6.07, 6.45) is 9.90. The largest absolute Gasteiger partial charge is 0.508 e. The maximum atomic E-state index is 14.1. The van der Waals surface area contributed by atoms with E-state index in [4.69, 9.17) is 41.4 Å². The normalized spacial score (nSPS) is 13.6. The first-order valence-corrected chi connectivity index (χ1v) is 38.3. The molecule has 2 aliphatic heterocycles. The van der Waals surface area contributed by atoms with Gasteiger partial charge in [0.2, 0.25) is 47.3 Å². The van der Waals surface area contributed by atoms with Gasteiger partial charge in [0.15, 0.2) is 0 Å². The summed E-state index contributed by atoms with van der Waals surface area (Å²) in [4.78, 5) is 175. The number of nitrogens with zero attached hydrogens (tertiary/aromatic N) is 10. The molecule has 34 nitrogen and oxygen atoms in total. The zero-order valence-electron chi connectivity index (χ0n) is 62.4. The number of piperazine rings is 1. The zero-order chi connectivity index (χ0) is 79.3. The van der Waals surface area contributed by atoms with Crippen molar-refractivity contribution in [1.29, 1.82) is 0 Å². The second kappa shape index (κ2) is 39.0. The van der Waals surface area contributed by atoms with E-state index >= 15 is 0 Å². The average molecular weight is 1550 g/mol. The van der Waals surface area contributed by atoms with Gasteiger partial charge < -0.3 is 66.7 Å². The number of carbonyl (C=O) groups excluding carboxylic acids is 12. The second-order valence-electron chi connectivity index (χ2n) is 26.4. The van der Waals surface area contributed by atoms with Crippen LogP contribution in [0.5, 0.6) is 5.75 Å². The Morgan fingerprint density at radius 3 is 1.98 bits per heavy atom. The number of hydrogen-bond donors (Lipinski definition) is 9. The molecule has 12 amide bonds. The number of ether oxygens (including phenoxy) is 3. The molecule has 1 saturated heterocycles. The van der Waals surface area contributed by atoms with E-state index in [1.165, 1.54) is 41.3 Å². The molecule has 110 heavy (non-hydrogen) atoms. The number of anilines is 3. The van der Waals surface area contributed by atoms with Crippen molar-refractivity contribution in [3.63, 3.8) is 0 Å². The van der Waals surface area contributed by atoms with Crippen LogP contribution in [-0.4, -0.2) is 197 Å². The molecule has 9 rings (SSSR count). The van der Waals surface area contributed by atoms with E-state index in [0.29, 0.717) is 137 Å². The van der Waals surface area contributed by atoms with Crippen LogP contribution in [0.25, 0.3) is 22.1 Å². The van der Waals surface area contributed by atoms with Gasteiger partial charge in [0.1, 0.15) is 47.1 Å². The van der Waals surface area contributed by atoms with Crippen molar-refractivity contribution in [2.45, 2.75) is 143 Å². The van der Waals surface area contributed by atoms with Crippen molar-refractivity contribution in [2.24, 2.45) is 23.1 Å². The van der Waals surface area contributed by atoms with Crippen LogP contribution in [0, 0.1) is 19.8 Å². The third-order valence-electron chi connectivity index (χ3n) is 18.1. The molecule has 36 heteroatoms. The molecule has 0 bridgehead atoms. The number of fused-ring (bicyclic) bond motifs is 2. The zero-order valence-corrected chi connectivity index (χ0v) is 64.1. The molecular weight excluding hydrogens is 1460 g/mol. The van der Waals surface area contributed by atoms with E-state index in [-0.39, 0.29) is 130 Å². The van der Waals surface area contributed by atoms with Gasteiger partial charge in [-0.15, -0.1) is 23.1 Å². The van der Waals surface area contributed by atoms with Gasteiger partial charge in [0, 0.05) is 106 Å². The van der Waals surface area contributed by atoms with E-state index in [1.807, 2.05) is 43.7 Å². The number of imide groups is 1. The number of primary amides is 3. The van der Waals surface area contributed by atoms with Crippen molar-refractivity contribution in [1.82, 2.24) is 64.5 Å². The Kier molecular flexibility index (Phi) is 29.3. The number of benzene rings is 3. The minimum Gasteiger partial charge on any atom is -0.491 e. The van der Waals surface area contributed by atoms with Crippen LogP contribution in [0.1, 0.15) is 142 Å². The highest BCUT2D eigenvalue weighted by molar-refractivity contribution is 7.98. The third-order valence-corrected chi connectivity index (χ3v) is 19.9. The number of imidazole rings is 2. The lowest BCUT2D eigenvalue weighted by Gasteiger charge is -2.34. The summed E-state index contributed by atoms with van der Waals surface area (Å²) in [5.41, 5.74) is 21.6. The lowest BCUT2D eigenvalue weighted by molar-refractivity contribution is -0.137. The van der Waals surface area contributed by atoms with Gasteiger partial charge in [-0.1, -0.05) is 51.5 Å². The highest BCUT2D eigenvalue weighted by atomic mass is 32.2. The monoisotopic (exact) mass is 1550 g/mol.